The molecule has 4 nitrogen and oxygen atoms in total. The molecule has 0 N–H and O–H groups in total. The molecule has 0 atom stereocenters. The average Bonchev–Trinajstić information content (AvgIpc) is 2.77. The van der Waals surface area contributed by atoms with E-state index in [1.807, 2.05) is 0 Å². The van der Waals surface area contributed by atoms with Crippen LogP contribution < -0.4 is 9.04 Å². The highest BCUT2D eigenvalue weighted by Crippen LogP contribution is 2.38. The number of alkyl halides is 3. The molecule has 11 heteroatoms. The van der Waals surface area contributed by atoms with E-state index in [1.165, 1.54) is 6.07 Å². The summed E-state index contributed by atoms with van der Waals surface area (Å²) in [7, 11) is -4.31. The van der Waals surface area contributed by atoms with E-state index in [1.54, 1.807) is 24.3 Å². The molecule has 1 heterocycles. The van der Waals surface area contributed by atoms with Crippen molar-refractivity contribution in [3.8, 4) is 5.75 Å². The Hall–Kier alpha value is -2.75. The zero-order valence-electron chi connectivity index (χ0n) is 17.1. The van der Waals surface area contributed by atoms with E-state index < -0.39 is 32.5 Å². The van der Waals surface area contributed by atoms with Crippen molar-refractivity contribution < 1.29 is 30.7 Å². The van der Waals surface area contributed by atoms with Gasteiger partial charge in [-0.15, -0.1) is 0 Å². The molecule has 1 aliphatic heterocycles. The molecule has 0 spiro atoms. The third kappa shape index (κ3) is 4.87. The number of anilines is 1. The zero-order chi connectivity index (χ0) is 24.7. The first-order valence-corrected chi connectivity index (χ1v) is 12.0. The van der Waals surface area contributed by atoms with Crippen molar-refractivity contribution in [1.29, 1.82) is 0 Å². The molecule has 0 unspecified atom stereocenters. The van der Waals surface area contributed by atoms with Gasteiger partial charge in [-0.3, -0.25) is 4.31 Å². The van der Waals surface area contributed by atoms with Crippen molar-refractivity contribution in [1.82, 2.24) is 0 Å². The number of rotatable bonds is 4. The Morgan fingerprint density at radius 3 is 2.35 bits per heavy atom. The molecule has 0 aliphatic carbocycles. The minimum absolute atomic E-state index is 0.0289. The predicted octanol–water partition coefficient (Wildman–Crippen LogP) is 6.91. The van der Waals surface area contributed by atoms with Gasteiger partial charge < -0.3 is 4.74 Å². The first-order chi connectivity index (χ1) is 16.0. The van der Waals surface area contributed by atoms with Crippen molar-refractivity contribution in [3.63, 3.8) is 0 Å². The summed E-state index contributed by atoms with van der Waals surface area (Å²) in [5.74, 6) is -0.328. The number of benzene rings is 3. The summed E-state index contributed by atoms with van der Waals surface area (Å²) in [4.78, 5) is -0.485. The fourth-order valence-corrected chi connectivity index (χ4v) is 5.50. The Balaban J connectivity index is 1.72. The van der Waals surface area contributed by atoms with Crippen LogP contribution in [0, 0.1) is 5.82 Å². The smallest absolute Gasteiger partial charge is 0.416 e. The number of halogens is 6. The van der Waals surface area contributed by atoms with Crippen molar-refractivity contribution in [3.05, 3.63) is 87.2 Å². The van der Waals surface area contributed by atoms with Crippen LogP contribution in [0.15, 0.2) is 59.5 Å². The van der Waals surface area contributed by atoms with Gasteiger partial charge in [0.2, 0.25) is 0 Å². The monoisotopic (exact) mass is 531 g/mol. The van der Waals surface area contributed by atoms with Crippen LogP contribution in [-0.2, 0) is 16.2 Å². The predicted molar refractivity (Wildman–Crippen MR) is 123 cm³/mol. The van der Waals surface area contributed by atoms with Crippen LogP contribution in [0.4, 0.5) is 23.2 Å². The molecule has 0 fully saturated rings. The molecule has 0 radical (unpaired) electrons. The van der Waals surface area contributed by atoms with Gasteiger partial charge in [0.25, 0.3) is 10.0 Å². The topological polar surface area (TPSA) is 46.6 Å². The lowest BCUT2D eigenvalue weighted by Crippen LogP contribution is -2.38. The Morgan fingerprint density at radius 1 is 0.971 bits per heavy atom. The fourth-order valence-electron chi connectivity index (χ4n) is 3.42. The Morgan fingerprint density at radius 2 is 1.68 bits per heavy atom. The lowest BCUT2D eigenvalue weighted by atomic mass is 10.1. The van der Waals surface area contributed by atoms with Crippen molar-refractivity contribution in [2.45, 2.75) is 11.1 Å². The highest BCUT2D eigenvalue weighted by molar-refractivity contribution is 7.92. The van der Waals surface area contributed by atoms with Gasteiger partial charge >= 0.3 is 6.18 Å². The largest absolute Gasteiger partial charge is 0.489 e. The first kappa shape index (κ1) is 24.4. The molecule has 1 aliphatic rings. The average molecular weight is 532 g/mol. The molecule has 0 bridgehead atoms. The van der Waals surface area contributed by atoms with Crippen molar-refractivity contribution >= 4 is 51.1 Å². The number of hydrogen-bond donors (Lipinski definition) is 0. The number of nitrogens with zero attached hydrogens (tertiary/aromatic N) is 1. The molecule has 3 aromatic rings. The second-order valence-corrected chi connectivity index (χ2v) is 9.97. The maximum absolute atomic E-state index is 13.4. The van der Waals surface area contributed by atoms with Crippen molar-refractivity contribution in [2.75, 3.05) is 17.5 Å². The molecule has 0 saturated heterocycles. The third-order valence-corrected chi connectivity index (χ3v) is 7.47. The van der Waals surface area contributed by atoms with Gasteiger partial charge in [-0.05, 0) is 48.0 Å². The summed E-state index contributed by atoms with van der Waals surface area (Å²) < 4.78 is 85.8. The standard InChI is InChI=1S/C23H15Cl2F4NO3S/c24-19-12-16(26)13-20(25)18(19)6-4-14-5-7-22-21(10-14)30(8-9-33-22)34(31,32)17-3-1-2-15(11-17)23(27,28)29/h1-7,10-13H,8-9H2/b6-4+. The van der Waals surface area contributed by atoms with E-state index in [9.17, 15) is 26.0 Å². The maximum atomic E-state index is 13.4. The van der Waals surface area contributed by atoms with E-state index in [0.717, 1.165) is 34.6 Å². The van der Waals surface area contributed by atoms with Crippen LogP contribution in [0.3, 0.4) is 0 Å². The molecule has 3 aromatic carbocycles. The Labute approximate surface area is 203 Å². The third-order valence-electron chi connectivity index (χ3n) is 5.04. The van der Waals surface area contributed by atoms with Crippen LogP contribution in [0.2, 0.25) is 10.0 Å². The highest BCUT2D eigenvalue weighted by atomic mass is 35.5. The number of ether oxygens (including phenoxy) is 1. The van der Waals surface area contributed by atoms with Gasteiger partial charge in [-0.1, -0.05) is 47.5 Å². The fraction of sp³-hybridized carbons (Fsp3) is 0.130. The van der Waals surface area contributed by atoms with E-state index >= 15 is 0 Å². The van der Waals surface area contributed by atoms with Crippen LogP contribution in [-0.4, -0.2) is 21.6 Å². The molecule has 0 saturated carbocycles. The number of sulfonamides is 1. The number of fused-ring (bicyclic) bond motifs is 1. The normalized spacial score (nSPS) is 14.2. The van der Waals surface area contributed by atoms with Crippen LogP contribution in [0.5, 0.6) is 5.75 Å². The van der Waals surface area contributed by atoms with Gasteiger partial charge in [0.15, 0.2) is 0 Å². The molecule has 178 valence electrons. The molecular formula is C23H15Cl2F4NO3S. The van der Waals surface area contributed by atoms with Gasteiger partial charge in [0, 0.05) is 5.56 Å². The summed E-state index contributed by atoms with van der Waals surface area (Å²) in [6, 6.07) is 10.5. The zero-order valence-corrected chi connectivity index (χ0v) is 19.4. The lowest BCUT2D eigenvalue weighted by molar-refractivity contribution is -0.137. The van der Waals surface area contributed by atoms with E-state index in [2.05, 4.69) is 0 Å². The van der Waals surface area contributed by atoms with Crippen LogP contribution in [0.1, 0.15) is 16.7 Å². The second-order valence-electron chi connectivity index (χ2n) is 7.29. The quantitative estimate of drug-likeness (QED) is 0.271. The molecule has 34 heavy (non-hydrogen) atoms. The minimum Gasteiger partial charge on any atom is -0.489 e. The summed E-state index contributed by atoms with van der Waals surface area (Å²) in [6.07, 6.45) is -1.55. The summed E-state index contributed by atoms with van der Waals surface area (Å²) >= 11 is 12.1. The summed E-state index contributed by atoms with van der Waals surface area (Å²) in [5, 5.41) is 0.188. The summed E-state index contributed by atoms with van der Waals surface area (Å²) in [5.41, 5.74) is 0.00556. The second kappa shape index (κ2) is 9.13. The number of hydrogen-bond acceptors (Lipinski definition) is 3. The SMILES string of the molecule is O=S(=O)(c1cccc(C(F)(F)F)c1)N1CCOc2ccc(/C=C/c3c(Cl)cc(F)cc3Cl)cc21. The first-order valence-electron chi connectivity index (χ1n) is 9.76. The maximum Gasteiger partial charge on any atom is 0.416 e. The van der Waals surface area contributed by atoms with E-state index in [-0.39, 0.29) is 34.6 Å². The molecular weight excluding hydrogens is 517 g/mol. The lowest BCUT2D eigenvalue weighted by Gasteiger charge is -2.31. The van der Waals surface area contributed by atoms with Gasteiger partial charge in [-0.2, -0.15) is 13.2 Å². The van der Waals surface area contributed by atoms with Gasteiger partial charge in [0.05, 0.1) is 32.7 Å². The van der Waals surface area contributed by atoms with E-state index in [4.69, 9.17) is 27.9 Å². The van der Waals surface area contributed by atoms with Crippen molar-refractivity contribution in [2.24, 2.45) is 0 Å². The molecule has 0 aromatic heterocycles. The minimum atomic E-state index is -4.69. The molecule has 0 amide bonds. The van der Waals surface area contributed by atoms with E-state index in [0.29, 0.717) is 17.2 Å². The van der Waals surface area contributed by atoms with Gasteiger partial charge in [0.1, 0.15) is 18.2 Å². The van der Waals surface area contributed by atoms with Crippen LogP contribution >= 0.6 is 23.2 Å². The summed E-state index contributed by atoms with van der Waals surface area (Å²) in [6.45, 7) is -0.0600. The Kier molecular flexibility index (Phi) is 6.54. The van der Waals surface area contributed by atoms with Crippen LogP contribution in [0.25, 0.3) is 12.2 Å². The highest BCUT2D eigenvalue weighted by Gasteiger charge is 2.34. The van der Waals surface area contributed by atoms with Gasteiger partial charge in [-0.25, -0.2) is 12.8 Å². The molecule has 4 rings (SSSR count). The Bertz CT molecular complexity index is 1370.